The van der Waals surface area contributed by atoms with Crippen molar-refractivity contribution in [1.29, 1.82) is 0 Å². The molecule has 0 radical (unpaired) electrons. The molecular formula is C41H29N5O3. The number of methoxy groups -OCH3 is 1. The first-order valence-electron chi connectivity index (χ1n) is 15.8. The summed E-state index contributed by atoms with van der Waals surface area (Å²) in [5, 5.41) is 3.05. The molecule has 0 aliphatic carbocycles. The number of anilines is 1. The van der Waals surface area contributed by atoms with Gasteiger partial charge in [0.25, 0.3) is 5.91 Å². The van der Waals surface area contributed by atoms with Crippen LogP contribution in [0.1, 0.15) is 43.5 Å². The molecule has 0 spiro atoms. The molecule has 0 fully saturated rings. The Hall–Kier alpha value is -6.80. The normalized spacial score (nSPS) is 11.8. The van der Waals surface area contributed by atoms with Gasteiger partial charge in [0.05, 0.1) is 52.0 Å². The van der Waals surface area contributed by atoms with Crippen molar-refractivity contribution in [3.8, 4) is 28.0 Å². The molecular weight excluding hydrogens is 610 g/mol. The highest BCUT2D eigenvalue weighted by atomic mass is 16.5. The largest absolute Gasteiger partial charge is 0.497 e. The number of carbonyl (C=O) groups excluding carboxylic acids is 2. The third-order valence-electron chi connectivity index (χ3n) is 8.61. The maximum atomic E-state index is 14.2. The first kappa shape index (κ1) is 29.6. The molecule has 8 bridgehead atoms. The molecule has 0 saturated carbocycles. The summed E-state index contributed by atoms with van der Waals surface area (Å²) >= 11 is 0. The van der Waals surface area contributed by atoms with Crippen molar-refractivity contribution in [2.24, 2.45) is 0 Å². The molecule has 5 heterocycles. The lowest BCUT2D eigenvalue weighted by Gasteiger charge is -2.08. The van der Waals surface area contributed by atoms with Crippen LogP contribution >= 0.6 is 0 Å². The minimum Gasteiger partial charge on any atom is -0.497 e. The number of nitrogens with zero attached hydrogens (tertiary/aromatic N) is 2. The van der Waals surface area contributed by atoms with Crippen LogP contribution in [0.25, 0.3) is 68.6 Å². The Morgan fingerprint density at radius 1 is 0.612 bits per heavy atom. The number of aromatic amines is 2. The van der Waals surface area contributed by atoms with Crippen molar-refractivity contribution in [2.45, 2.75) is 0 Å². The van der Waals surface area contributed by atoms with E-state index in [1.807, 2.05) is 109 Å². The lowest BCUT2D eigenvalue weighted by molar-refractivity contribution is 0.102. The van der Waals surface area contributed by atoms with E-state index in [4.69, 9.17) is 14.7 Å². The van der Waals surface area contributed by atoms with Gasteiger partial charge in [0, 0.05) is 27.8 Å². The number of fused-ring (bicyclic) bond motifs is 8. The van der Waals surface area contributed by atoms with Crippen LogP contribution in [0.5, 0.6) is 5.75 Å². The van der Waals surface area contributed by atoms with Crippen LogP contribution in [0.4, 0.5) is 5.69 Å². The average Bonchev–Trinajstić information content (AvgIpc) is 3.97. The molecule has 0 unspecified atom stereocenters. The molecule has 49 heavy (non-hydrogen) atoms. The molecule has 2 aliphatic heterocycles. The molecule has 2 aliphatic rings. The maximum Gasteiger partial charge on any atom is 0.259 e. The van der Waals surface area contributed by atoms with E-state index in [0.29, 0.717) is 56.4 Å². The highest BCUT2D eigenvalue weighted by Gasteiger charge is 2.20. The number of amides is 1. The first-order chi connectivity index (χ1) is 24.1. The first-order valence-corrected chi connectivity index (χ1v) is 15.8. The van der Waals surface area contributed by atoms with Gasteiger partial charge in [0.15, 0.2) is 6.29 Å². The predicted molar refractivity (Wildman–Crippen MR) is 196 cm³/mol. The number of carbonyl (C=O) groups is 2. The summed E-state index contributed by atoms with van der Waals surface area (Å²) in [6.07, 6.45) is 8.38. The number of ether oxygens (including phenoxy) is 1. The van der Waals surface area contributed by atoms with Gasteiger partial charge in [0.2, 0.25) is 0 Å². The van der Waals surface area contributed by atoms with Gasteiger partial charge < -0.3 is 20.0 Å². The number of aldehydes is 1. The van der Waals surface area contributed by atoms with Crippen molar-refractivity contribution in [3.63, 3.8) is 0 Å². The molecule has 236 valence electrons. The van der Waals surface area contributed by atoms with Gasteiger partial charge in [0.1, 0.15) is 5.75 Å². The van der Waals surface area contributed by atoms with E-state index in [2.05, 4.69) is 15.3 Å². The Kier molecular flexibility index (Phi) is 7.50. The second-order valence-corrected chi connectivity index (χ2v) is 11.6. The van der Waals surface area contributed by atoms with Crippen LogP contribution < -0.4 is 10.1 Å². The molecule has 0 atom stereocenters. The Morgan fingerprint density at radius 2 is 1.12 bits per heavy atom. The summed E-state index contributed by atoms with van der Waals surface area (Å²) in [6.45, 7) is 0. The Bertz CT molecular complexity index is 2440. The van der Waals surface area contributed by atoms with E-state index < -0.39 is 0 Å². The monoisotopic (exact) mass is 639 g/mol. The molecule has 6 aromatic rings. The Morgan fingerprint density at radius 3 is 1.71 bits per heavy atom. The fourth-order valence-electron chi connectivity index (χ4n) is 6.28. The van der Waals surface area contributed by atoms with E-state index in [-0.39, 0.29) is 5.91 Å². The standard InChI is InChI=1S/C41H29N5O3/c1-49-28-14-12-27(13-15-28)42-41(48)40-36-22-20-34(45-36)38(25-8-4-2-5-9-25)32-18-16-30(43-32)29(24-47)31-17-19-33(44-31)39(26-10-6-3-7-11-26)35-21-23-37(40)46-35/h2-24,43,46H,1H3,(H,42,48). The van der Waals surface area contributed by atoms with Crippen LogP contribution in [-0.4, -0.2) is 39.2 Å². The fraction of sp³-hybridized carbons (Fsp3) is 0.0244. The van der Waals surface area contributed by atoms with E-state index in [1.54, 1.807) is 31.4 Å². The quantitative estimate of drug-likeness (QED) is 0.157. The van der Waals surface area contributed by atoms with Gasteiger partial charge in [-0.15, -0.1) is 0 Å². The van der Waals surface area contributed by atoms with E-state index >= 15 is 0 Å². The van der Waals surface area contributed by atoms with E-state index in [9.17, 15) is 9.59 Å². The number of hydrogen-bond donors (Lipinski definition) is 3. The highest BCUT2D eigenvalue weighted by molar-refractivity contribution is 6.12. The molecule has 8 nitrogen and oxygen atoms in total. The van der Waals surface area contributed by atoms with Crippen LogP contribution in [0.2, 0.25) is 0 Å². The number of rotatable bonds is 6. The summed E-state index contributed by atoms with van der Waals surface area (Å²) in [4.78, 5) is 43.9. The lowest BCUT2D eigenvalue weighted by Crippen LogP contribution is -2.14. The highest BCUT2D eigenvalue weighted by Crippen LogP contribution is 2.34. The van der Waals surface area contributed by atoms with Crippen LogP contribution in [0.15, 0.2) is 109 Å². The Labute approximate surface area is 281 Å². The Balaban J connectivity index is 1.48. The molecule has 8 heteroatoms. The molecule has 1 amide bonds. The second-order valence-electron chi connectivity index (χ2n) is 11.6. The number of H-pyrrole nitrogens is 2. The third kappa shape index (κ3) is 5.51. The van der Waals surface area contributed by atoms with Gasteiger partial charge in [-0.3, -0.25) is 9.59 Å². The summed E-state index contributed by atoms with van der Waals surface area (Å²) in [7, 11) is 1.60. The zero-order valence-electron chi connectivity index (χ0n) is 26.4. The molecule has 3 aromatic heterocycles. The number of hydrogen-bond acceptors (Lipinski definition) is 5. The SMILES string of the molecule is COc1ccc(NC(=O)c2c3nc(c(-c4ccccc4)c4ccc([nH]4)c(C=O)c4nc(c(-c5ccccc5)c5ccc2[nH]5)C=C4)C=C3)cc1. The number of aromatic nitrogens is 4. The second kappa shape index (κ2) is 12.4. The zero-order chi connectivity index (χ0) is 33.3. The van der Waals surface area contributed by atoms with Crippen molar-refractivity contribution < 1.29 is 14.3 Å². The summed E-state index contributed by atoms with van der Waals surface area (Å²) in [6, 6.07) is 34.7. The van der Waals surface area contributed by atoms with Gasteiger partial charge in [-0.1, -0.05) is 60.7 Å². The number of benzene rings is 3. The van der Waals surface area contributed by atoms with E-state index in [1.165, 1.54) is 0 Å². The number of nitrogens with one attached hydrogen (secondary N) is 3. The van der Waals surface area contributed by atoms with Gasteiger partial charge >= 0.3 is 0 Å². The lowest BCUT2D eigenvalue weighted by atomic mass is 10.0. The smallest absolute Gasteiger partial charge is 0.259 e. The van der Waals surface area contributed by atoms with Crippen LogP contribution in [0, 0.1) is 0 Å². The summed E-state index contributed by atoms with van der Waals surface area (Å²) in [5.41, 5.74) is 10.1. The van der Waals surface area contributed by atoms with Crippen LogP contribution in [-0.2, 0) is 0 Å². The zero-order valence-corrected chi connectivity index (χ0v) is 26.4. The summed E-state index contributed by atoms with van der Waals surface area (Å²) in [5.74, 6) is 0.363. The summed E-state index contributed by atoms with van der Waals surface area (Å²) < 4.78 is 5.30. The van der Waals surface area contributed by atoms with Crippen molar-refractivity contribution in [3.05, 3.63) is 143 Å². The fourth-order valence-corrected chi connectivity index (χ4v) is 6.28. The molecule has 3 aromatic carbocycles. The van der Waals surface area contributed by atoms with Gasteiger partial charge in [-0.2, -0.15) is 0 Å². The van der Waals surface area contributed by atoms with Crippen molar-refractivity contribution >= 4 is 64.3 Å². The minimum atomic E-state index is -0.326. The third-order valence-corrected chi connectivity index (χ3v) is 8.61. The van der Waals surface area contributed by atoms with E-state index in [0.717, 1.165) is 39.6 Å². The van der Waals surface area contributed by atoms with Gasteiger partial charge in [-0.25, -0.2) is 9.97 Å². The van der Waals surface area contributed by atoms with Crippen molar-refractivity contribution in [1.82, 2.24) is 19.9 Å². The molecule has 3 N–H and O–H groups in total. The molecule has 0 saturated heterocycles. The van der Waals surface area contributed by atoms with Gasteiger partial charge in [-0.05, 0) is 84.0 Å². The topological polar surface area (TPSA) is 113 Å². The van der Waals surface area contributed by atoms with Crippen molar-refractivity contribution in [2.75, 3.05) is 12.4 Å². The molecule has 8 rings (SSSR count). The average molecular weight is 640 g/mol. The predicted octanol–water partition coefficient (Wildman–Crippen LogP) is 9.06. The minimum absolute atomic E-state index is 0.326. The maximum absolute atomic E-state index is 14.2. The van der Waals surface area contributed by atoms with Crippen LogP contribution in [0.3, 0.4) is 0 Å².